The van der Waals surface area contributed by atoms with Crippen LogP contribution in [0.1, 0.15) is 27.2 Å². The molecule has 0 heterocycles. The second kappa shape index (κ2) is 8.03. The first-order valence-electron chi connectivity index (χ1n) is 5.13. The van der Waals surface area contributed by atoms with Gasteiger partial charge in [0.25, 0.3) is 0 Å². The predicted molar refractivity (Wildman–Crippen MR) is 55.5 cm³/mol. The van der Waals surface area contributed by atoms with Gasteiger partial charge in [0.05, 0.1) is 6.07 Å². The smallest absolute Gasteiger partial charge is 0.108 e. The fourth-order valence-electron chi connectivity index (χ4n) is 1.35. The van der Waals surface area contributed by atoms with Crippen molar-refractivity contribution in [1.29, 1.82) is 5.26 Å². The van der Waals surface area contributed by atoms with Crippen LogP contribution < -0.4 is 5.32 Å². The highest BCUT2D eigenvalue weighted by molar-refractivity contribution is 4.91. The highest BCUT2D eigenvalue weighted by atomic mass is 15.1. The third kappa shape index (κ3) is 5.62. The van der Waals surface area contributed by atoms with Crippen molar-refractivity contribution in [3.63, 3.8) is 0 Å². The van der Waals surface area contributed by atoms with Crippen LogP contribution in [0.4, 0.5) is 0 Å². The van der Waals surface area contributed by atoms with Gasteiger partial charge >= 0.3 is 0 Å². The first-order chi connectivity index (χ1) is 6.28. The van der Waals surface area contributed by atoms with E-state index >= 15 is 0 Å². The molecule has 3 nitrogen and oxygen atoms in total. The van der Waals surface area contributed by atoms with Crippen molar-refractivity contribution < 1.29 is 0 Å². The van der Waals surface area contributed by atoms with Crippen molar-refractivity contribution in [1.82, 2.24) is 10.2 Å². The standard InChI is InChI=1S/C10H21N3/c1-4-7-13(6-3)9-10(8-11)12-5-2/h10,12H,4-7,9H2,1-3H3. The largest absolute Gasteiger partial charge is 0.301 e. The molecule has 0 bridgehead atoms. The molecule has 0 aromatic heterocycles. The predicted octanol–water partition coefficient (Wildman–Crippen LogP) is 1.22. The van der Waals surface area contributed by atoms with E-state index in [2.05, 4.69) is 30.1 Å². The van der Waals surface area contributed by atoms with E-state index in [1.165, 1.54) is 0 Å². The molecule has 13 heavy (non-hydrogen) atoms. The fourth-order valence-corrected chi connectivity index (χ4v) is 1.35. The minimum absolute atomic E-state index is 0.0171. The molecule has 0 fully saturated rings. The Kier molecular flexibility index (Phi) is 7.66. The molecule has 0 aliphatic carbocycles. The van der Waals surface area contributed by atoms with Crippen LogP contribution in [-0.2, 0) is 0 Å². The number of nitriles is 1. The maximum absolute atomic E-state index is 8.83. The minimum atomic E-state index is -0.0171. The van der Waals surface area contributed by atoms with Crippen LogP contribution in [0, 0.1) is 11.3 Å². The molecule has 0 radical (unpaired) electrons. The van der Waals surface area contributed by atoms with Gasteiger partial charge in [-0.1, -0.05) is 20.8 Å². The normalized spacial score (nSPS) is 12.8. The molecule has 0 aliphatic heterocycles. The van der Waals surface area contributed by atoms with E-state index in [-0.39, 0.29) is 6.04 Å². The van der Waals surface area contributed by atoms with Crippen molar-refractivity contribution in [2.24, 2.45) is 0 Å². The molecule has 3 heteroatoms. The maximum atomic E-state index is 8.83. The van der Waals surface area contributed by atoms with E-state index in [1.54, 1.807) is 0 Å². The van der Waals surface area contributed by atoms with Crippen LogP contribution in [0.3, 0.4) is 0 Å². The summed E-state index contributed by atoms with van der Waals surface area (Å²) in [5.74, 6) is 0. The second-order valence-corrected chi connectivity index (χ2v) is 3.13. The first-order valence-corrected chi connectivity index (χ1v) is 5.13. The summed E-state index contributed by atoms with van der Waals surface area (Å²) in [6.45, 7) is 10.1. The van der Waals surface area contributed by atoms with Crippen LogP contribution >= 0.6 is 0 Å². The molecule has 0 aliphatic rings. The molecule has 0 rings (SSSR count). The number of nitrogens with one attached hydrogen (secondary N) is 1. The number of hydrogen-bond acceptors (Lipinski definition) is 3. The zero-order valence-electron chi connectivity index (χ0n) is 9.01. The topological polar surface area (TPSA) is 39.1 Å². The zero-order chi connectivity index (χ0) is 10.1. The monoisotopic (exact) mass is 183 g/mol. The third-order valence-corrected chi connectivity index (χ3v) is 2.03. The molecule has 1 unspecified atom stereocenters. The molecule has 76 valence electrons. The maximum Gasteiger partial charge on any atom is 0.108 e. The van der Waals surface area contributed by atoms with E-state index in [4.69, 9.17) is 5.26 Å². The van der Waals surface area contributed by atoms with Gasteiger partial charge in [-0.25, -0.2) is 0 Å². The minimum Gasteiger partial charge on any atom is -0.301 e. The van der Waals surface area contributed by atoms with E-state index < -0.39 is 0 Å². The van der Waals surface area contributed by atoms with Gasteiger partial charge in [0.2, 0.25) is 0 Å². The Labute approximate surface area is 81.7 Å². The van der Waals surface area contributed by atoms with Gasteiger partial charge in [0.15, 0.2) is 0 Å². The Balaban J connectivity index is 3.82. The van der Waals surface area contributed by atoms with Crippen LogP contribution in [0.5, 0.6) is 0 Å². The van der Waals surface area contributed by atoms with Crippen molar-refractivity contribution >= 4 is 0 Å². The lowest BCUT2D eigenvalue weighted by Crippen LogP contribution is -2.40. The molecule has 1 atom stereocenters. The van der Waals surface area contributed by atoms with Crippen molar-refractivity contribution in [3.8, 4) is 6.07 Å². The third-order valence-electron chi connectivity index (χ3n) is 2.03. The van der Waals surface area contributed by atoms with Gasteiger partial charge in [-0.15, -0.1) is 0 Å². The van der Waals surface area contributed by atoms with Crippen molar-refractivity contribution in [2.75, 3.05) is 26.2 Å². The number of nitrogens with zero attached hydrogens (tertiary/aromatic N) is 2. The van der Waals surface area contributed by atoms with E-state index in [0.717, 1.165) is 32.6 Å². The summed E-state index contributed by atoms with van der Waals surface area (Å²) in [7, 11) is 0. The van der Waals surface area contributed by atoms with Gasteiger partial charge in [0.1, 0.15) is 6.04 Å². The van der Waals surface area contributed by atoms with Crippen LogP contribution in [0.25, 0.3) is 0 Å². The summed E-state index contributed by atoms with van der Waals surface area (Å²) >= 11 is 0. The molecule has 0 amide bonds. The lowest BCUT2D eigenvalue weighted by Gasteiger charge is -2.22. The van der Waals surface area contributed by atoms with Gasteiger partial charge in [-0.3, -0.25) is 0 Å². The van der Waals surface area contributed by atoms with Gasteiger partial charge < -0.3 is 10.2 Å². The number of hydrogen-bond donors (Lipinski definition) is 1. The lowest BCUT2D eigenvalue weighted by molar-refractivity contribution is 0.272. The Bertz CT molecular complexity index is 151. The Hall–Kier alpha value is -0.590. The fraction of sp³-hybridized carbons (Fsp3) is 0.900. The van der Waals surface area contributed by atoms with Crippen LogP contribution in [-0.4, -0.2) is 37.1 Å². The molecule has 0 spiro atoms. The van der Waals surface area contributed by atoms with Crippen molar-refractivity contribution in [2.45, 2.75) is 33.2 Å². The summed E-state index contributed by atoms with van der Waals surface area (Å²) in [4.78, 5) is 2.30. The van der Waals surface area contributed by atoms with Crippen LogP contribution in [0.2, 0.25) is 0 Å². The average Bonchev–Trinajstić information content (AvgIpc) is 2.16. The van der Waals surface area contributed by atoms with E-state index in [0.29, 0.717) is 0 Å². The van der Waals surface area contributed by atoms with Gasteiger partial charge in [0, 0.05) is 6.54 Å². The lowest BCUT2D eigenvalue weighted by atomic mass is 10.3. The molecule has 0 saturated carbocycles. The Morgan fingerprint density at radius 3 is 2.46 bits per heavy atom. The SMILES string of the molecule is CCCN(CC)CC(C#N)NCC. The van der Waals surface area contributed by atoms with E-state index in [9.17, 15) is 0 Å². The summed E-state index contributed by atoms with van der Waals surface area (Å²) in [5.41, 5.74) is 0. The summed E-state index contributed by atoms with van der Waals surface area (Å²) in [6.07, 6.45) is 1.15. The second-order valence-electron chi connectivity index (χ2n) is 3.13. The highest BCUT2D eigenvalue weighted by Crippen LogP contribution is 1.93. The molecule has 0 aromatic carbocycles. The summed E-state index contributed by atoms with van der Waals surface area (Å²) in [5, 5.41) is 12.0. The number of likely N-dealkylation sites (N-methyl/N-ethyl adjacent to an activating group) is 2. The highest BCUT2D eigenvalue weighted by Gasteiger charge is 2.09. The van der Waals surface area contributed by atoms with Gasteiger partial charge in [-0.2, -0.15) is 5.26 Å². The number of rotatable bonds is 7. The molecule has 0 saturated heterocycles. The first kappa shape index (κ1) is 12.4. The van der Waals surface area contributed by atoms with E-state index in [1.807, 2.05) is 6.92 Å². The average molecular weight is 183 g/mol. The molecular weight excluding hydrogens is 162 g/mol. The quantitative estimate of drug-likeness (QED) is 0.645. The summed E-state index contributed by atoms with van der Waals surface area (Å²) < 4.78 is 0. The Morgan fingerprint density at radius 2 is 2.08 bits per heavy atom. The summed E-state index contributed by atoms with van der Waals surface area (Å²) in [6, 6.07) is 2.26. The zero-order valence-corrected chi connectivity index (χ0v) is 9.01. The van der Waals surface area contributed by atoms with Crippen molar-refractivity contribution in [3.05, 3.63) is 0 Å². The molecule has 0 aromatic rings. The van der Waals surface area contributed by atoms with Crippen LogP contribution in [0.15, 0.2) is 0 Å². The Morgan fingerprint density at radius 1 is 1.38 bits per heavy atom. The van der Waals surface area contributed by atoms with Gasteiger partial charge in [-0.05, 0) is 26.1 Å². The molecular formula is C10H21N3. The molecule has 1 N–H and O–H groups in total.